The van der Waals surface area contributed by atoms with E-state index in [1.165, 1.54) is 6.42 Å². The quantitative estimate of drug-likeness (QED) is 0.849. The molecular formula is C15H22N2O2. The predicted octanol–water partition coefficient (Wildman–Crippen LogP) is 2.15. The highest BCUT2D eigenvalue weighted by Crippen LogP contribution is 2.21. The van der Waals surface area contributed by atoms with Gasteiger partial charge in [0.05, 0.1) is 0 Å². The van der Waals surface area contributed by atoms with Crippen LogP contribution in [0.2, 0.25) is 0 Å². The van der Waals surface area contributed by atoms with Gasteiger partial charge in [-0.1, -0.05) is 13.8 Å². The SMILES string of the molecule is C[C@@H]1C[C@@H](C)CN(C(=O)COc2ccc(N)cc2)C1. The molecule has 1 aromatic rings. The second-order valence-corrected chi connectivity index (χ2v) is 5.60. The number of carbonyl (C=O) groups is 1. The largest absolute Gasteiger partial charge is 0.484 e. The zero-order valence-corrected chi connectivity index (χ0v) is 11.6. The molecule has 2 rings (SSSR count). The number of likely N-dealkylation sites (tertiary alicyclic amines) is 1. The third-order valence-corrected chi connectivity index (χ3v) is 3.46. The molecule has 0 spiro atoms. The molecule has 0 radical (unpaired) electrons. The molecule has 0 saturated carbocycles. The van der Waals surface area contributed by atoms with Crippen LogP contribution in [-0.2, 0) is 4.79 Å². The van der Waals surface area contributed by atoms with E-state index in [2.05, 4.69) is 13.8 Å². The number of nitrogens with two attached hydrogens (primary N) is 1. The maximum absolute atomic E-state index is 12.1. The molecule has 1 amide bonds. The van der Waals surface area contributed by atoms with Crippen molar-refractivity contribution >= 4 is 11.6 Å². The Kier molecular flexibility index (Phi) is 4.30. The monoisotopic (exact) mass is 262 g/mol. The van der Waals surface area contributed by atoms with E-state index >= 15 is 0 Å². The summed E-state index contributed by atoms with van der Waals surface area (Å²) < 4.78 is 5.50. The Labute approximate surface area is 114 Å². The molecular weight excluding hydrogens is 240 g/mol. The van der Waals surface area contributed by atoms with Gasteiger partial charge in [0.2, 0.25) is 0 Å². The zero-order chi connectivity index (χ0) is 13.8. The van der Waals surface area contributed by atoms with Crippen molar-refractivity contribution in [2.45, 2.75) is 20.3 Å². The molecule has 104 valence electrons. The highest BCUT2D eigenvalue weighted by molar-refractivity contribution is 5.77. The summed E-state index contributed by atoms with van der Waals surface area (Å²) in [6, 6.07) is 7.10. The second-order valence-electron chi connectivity index (χ2n) is 5.60. The number of rotatable bonds is 3. The van der Waals surface area contributed by atoms with Gasteiger partial charge >= 0.3 is 0 Å². The van der Waals surface area contributed by atoms with E-state index in [4.69, 9.17) is 10.5 Å². The number of carbonyl (C=O) groups excluding carboxylic acids is 1. The molecule has 1 heterocycles. The van der Waals surface area contributed by atoms with Crippen molar-refractivity contribution in [3.05, 3.63) is 24.3 Å². The number of amides is 1. The first-order valence-corrected chi connectivity index (χ1v) is 6.80. The van der Waals surface area contributed by atoms with Crippen molar-refractivity contribution in [3.63, 3.8) is 0 Å². The number of benzene rings is 1. The lowest BCUT2D eigenvalue weighted by molar-refractivity contribution is -0.136. The lowest BCUT2D eigenvalue weighted by Crippen LogP contribution is -2.44. The molecule has 0 unspecified atom stereocenters. The van der Waals surface area contributed by atoms with E-state index in [9.17, 15) is 4.79 Å². The Morgan fingerprint density at radius 1 is 1.26 bits per heavy atom. The molecule has 4 heteroatoms. The van der Waals surface area contributed by atoms with Gasteiger partial charge in [0, 0.05) is 18.8 Å². The molecule has 1 saturated heterocycles. The molecule has 0 bridgehead atoms. The highest BCUT2D eigenvalue weighted by atomic mass is 16.5. The van der Waals surface area contributed by atoms with Gasteiger partial charge in [0.25, 0.3) is 5.91 Å². The molecule has 2 atom stereocenters. The average molecular weight is 262 g/mol. The van der Waals surface area contributed by atoms with Crippen molar-refractivity contribution in [2.75, 3.05) is 25.4 Å². The molecule has 1 aliphatic heterocycles. The van der Waals surface area contributed by atoms with Gasteiger partial charge in [-0.05, 0) is 42.5 Å². The standard InChI is InChI=1S/C15H22N2O2/c1-11-7-12(2)9-17(8-11)15(18)10-19-14-5-3-13(16)4-6-14/h3-6,11-12H,7-10,16H2,1-2H3/t11-,12-/m1/s1. The lowest BCUT2D eigenvalue weighted by atomic mass is 9.92. The van der Waals surface area contributed by atoms with Gasteiger partial charge in [0.1, 0.15) is 5.75 Å². The minimum Gasteiger partial charge on any atom is -0.484 e. The Hall–Kier alpha value is -1.71. The van der Waals surface area contributed by atoms with Crippen LogP contribution in [0.3, 0.4) is 0 Å². The summed E-state index contributed by atoms with van der Waals surface area (Å²) in [4.78, 5) is 14.0. The number of piperidine rings is 1. The molecule has 0 aromatic heterocycles. The fraction of sp³-hybridized carbons (Fsp3) is 0.533. The van der Waals surface area contributed by atoms with Crippen LogP contribution >= 0.6 is 0 Å². The van der Waals surface area contributed by atoms with Gasteiger partial charge in [-0.2, -0.15) is 0 Å². The zero-order valence-electron chi connectivity index (χ0n) is 11.6. The van der Waals surface area contributed by atoms with Crippen LogP contribution in [-0.4, -0.2) is 30.5 Å². The molecule has 1 aromatic carbocycles. The summed E-state index contributed by atoms with van der Waals surface area (Å²) in [6.07, 6.45) is 1.20. The number of ether oxygens (including phenoxy) is 1. The maximum Gasteiger partial charge on any atom is 0.260 e. The van der Waals surface area contributed by atoms with Crippen LogP contribution in [0.5, 0.6) is 5.75 Å². The van der Waals surface area contributed by atoms with Crippen molar-refractivity contribution in [2.24, 2.45) is 11.8 Å². The van der Waals surface area contributed by atoms with Gasteiger partial charge in [-0.15, -0.1) is 0 Å². The van der Waals surface area contributed by atoms with Gasteiger partial charge in [-0.25, -0.2) is 0 Å². The Morgan fingerprint density at radius 2 is 1.84 bits per heavy atom. The van der Waals surface area contributed by atoms with Crippen LogP contribution in [0.15, 0.2) is 24.3 Å². The summed E-state index contributed by atoms with van der Waals surface area (Å²) in [6.45, 7) is 6.17. The van der Waals surface area contributed by atoms with E-state index in [-0.39, 0.29) is 12.5 Å². The minimum atomic E-state index is 0.0650. The van der Waals surface area contributed by atoms with Gasteiger partial charge in [-0.3, -0.25) is 4.79 Å². The number of anilines is 1. The van der Waals surface area contributed by atoms with E-state index in [0.29, 0.717) is 23.3 Å². The Bertz CT molecular complexity index is 420. The third-order valence-electron chi connectivity index (χ3n) is 3.46. The summed E-state index contributed by atoms with van der Waals surface area (Å²) in [5.74, 6) is 1.89. The van der Waals surface area contributed by atoms with Gasteiger partial charge < -0.3 is 15.4 Å². The summed E-state index contributed by atoms with van der Waals surface area (Å²) in [5.41, 5.74) is 6.29. The van der Waals surface area contributed by atoms with Crippen molar-refractivity contribution in [1.82, 2.24) is 4.90 Å². The number of hydrogen-bond acceptors (Lipinski definition) is 3. The first-order valence-electron chi connectivity index (χ1n) is 6.80. The van der Waals surface area contributed by atoms with Crippen LogP contribution in [0.25, 0.3) is 0 Å². The normalized spacial score (nSPS) is 23.2. The van der Waals surface area contributed by atoms with Crippen molar-refractivity contribution < 1.29 is 9.53 Å². The predicted molar refractivity (Wildman–Crippen MR) is 75.9 cm³/mol. The topological polar surface area (TPSA) is 55.6 Å². The fourth-order valence-corrected chi connectivity index (χ4v) is 2.67. The minimum absolute atomic E-state index is 0.0650. The number of nitrogens with zero attached hydrogens (tertiary/aromatic N) is 1. The first-order chi connectivity index (χ1) is 9.04. The molecule has 1 fully saturated rings. The fourth-order valence-electron chi connectivity index (χ4n) is 2.67. The summed E-state index contributed by atoms with van der Waals surface area (Å²) in [7, 11) is 0. The Balaban J connectivity index is 1.85. The second kappa shape index (κ2) is 5.95. The lowest BCUT2D eigenvalue weighted by Gasteiger charge is -2.34. The highest BCUT2D eigenvalue weighted by Gasteiger charge is 2.25. The summed E-state index contributed by atoms with van der Waals surface area (Å²) >= 11 is 0. The molecule has 2 N–H and O–H groups in total. The number of nitrogen functional groups attached to an aromatic ring is 1. The smallest absolute Gasteiger partial charge is 0.260 e. The summed E-state index contributed by atoms with van der Waals surface area (Å²) in [5, 5.41) is 0. The van der Waals surface area contributed by atoms with Gasteiger partial charge in [0.15, 0.2) is 6.61 Å². The number of hydrogen-bond donors (Lipinski definition) is 1. The van der Waals surface area contributed by atoms with Crippen molar-refractivity contribution in [3.8, 4) is 5.75 Å². The van der Waals surface area contributed by atoms with Crippen LogP contribution in [0.4, 0.5) is 5.69 Å². The van der Waals surface area contributed by atoms with E-state index < -0.39 is 0 Å². The average Bonchev–Trinajstić information content (AvgIpc) is 2.36. The van der Waals surface area contributed by atoms with Crippen LogP contribution in [0.1, 0.15) is 20.3 Å². The molecule has 4 nitrogen and oxygen atoms in total. The van der Waals surface area contributed by atoms with Crippen LogP contribution < -0.4 is 10.5 Å². The molecule has 1 aliphatic rings. The Morgan fingerprint density at radius 3 is 2.42 bits per heavy atom. The van der Waals surface area contributed by atoms with E-state index in [1.807, 2.05) is 4.90 Å². The van der Waals surface area contributed by atoms with E-state index in [0.717, 1.165) is 13.1 Å². The third kappa shape index (κ3) is 3.88. The first kappa shape index (κ1) is 13.7. The maximum atomic E-state index is 12.1. The van der Waals surface area contributed by atoms with Crippen LogP contribution in [0, 0.1) is 11.8 Å². The van der Waals surface area contributed by atoms with Crippen molar-refractivity contribution in [1.29, 1.82) is 0 Å². The molecule has 19 heavy (non-hydrogen) atoms. The molecule has 0 aliphatic carbocycles. The van der Waals surface area contributed by atoms with E-state index in [1.54, 1.807) is 24.3 Å².